The van der Waals surface area contributed by atoms with Gasteiger partial charge in [-0.1, -0.05) is 24.3 Å². The predicted octanol–water partition coefficient (Wildman–Crippen LogP) is 10.3. The van der Waals surface area contributed by atoms with E-state index in [0.717, 1.165) is 69.4 Å². The van der Waals surface area contributed by atoms with E-state index in [2.05, 4.69) is 57.5 Å². The van der Waals surface area contributed by atoms with E-state index in [1.54, 1.807) is 50.8 Å². The summed E-state index contributed by atoms with van der Waals surface area (Å²) in [6.07, 6.45) is 7.02. The second-order valence-corrected chi connectivity index (χ2v) is 18.0. The third-order valence-electron chi connectivity index (χ3n) is 13.3. The van der Waals surface area contributed by atoms with Crippen molar-refractivity contribution < 1.29 is 51.7 Å². The summed E-state index contributed by atoms with van der Waals surface area (Å²) in [6, 6.07) is 37.2. The Kier molecular flexibility index (Phi) is 20.3. The van der Waals surface area contributed by atoms with Crippen molar-refractivity contribution in [2.45, 2.75) is 51.4 Å². The molecule has 8 rings (SSSR count). The fraction of sp³-hybridized carbons (Fsp3) is 0.233. The van der Waals surface area contributed by atoms with Crippen LogP contribution in [0.2, 0.25) is 0 Å². The van der Waals surface area contributed by atoms with Crippen molar-refractivity contribution in [3.63, 3.8) is 0 Å². The van der Waals surface area contributed by atoms with Crippen LogP contribution in [-0.2, 0) is 37.9 Å². The fourth-order valence-corrected chi connectivity index (χ4v) is 9.58. The van der Waals surface area contributed by atoms with Gasteiger partial charge in [0.1, 0.15) is 29.4 Å². The maximum absolute atomic E-state index is 14.0. The highest BCUT2D eigenvalue weighted by Crippen LogP contribution is 2.52. The van der Waals surface area contributed by atoms with Gasteiger partial charge in [0.2, 0.25) is 5.91 Å². The summed E-state index contributed by atoms with van der Waals surface area (Å²) in [6.45, 7) is 9.79. The molecule has 402 valence electrons. The minimum Gasteiger partial charge on any atom is -0.497 e. The smallest absolute Gasteiger partial charge is 0.337 e. The lowest BCUT2D eigenvalue weighted by Gasteiger charge is -2.30. The van der Waals surface area contributed by atoms with Crippen LogP contribution in [0.3, 0.4) is 0 Å². The number of hydrogen-bond donors (Lipinski definition) is 3. The highest BCUT2D eigenvalue weighted by Gasteiger charge is 2.45. The molecule has 2 heterocycles. The van der Waals surface area contributed by atoms with Gasteiger partial charge < -0.3 is 40.6 Å². The molecule has 2 aliphatic rings. The minimum atomic E-state index is -0.517. The predicted molar refractivity (Wildman–Crippen MR) is 294 cm³/mol. The Morgan fingerprint density at radius 2 is 1.01 bits per heavy atom. The van der Waals surface area contributed by atoms with E-state index in [1.165, 1.54) is 74.9 Å². The van der Waals surface area contributed by atoms with Crippen LogP contribution < -0.4 is 36.6 Å². The van der Waals surface area contributed by atoms with Gasteiger partial charge >= 0.3 is 11.9 Å². The standard InChI is InChI=1S/C30H30FN3O4.C21H22FNO2.C9H9NO3.H3N/c1-5-34-26-14-13-24(37-3)18-25(26)30(2,19-20-7-6-8-23(31)17-20)27(34)15-16-32-33-28(35)21-9-11-22(12-10-21)29(36)38-4;1-4-23-19-9-8-17(25-3)13-18(19)21(2,20(23)10-11-24)14-15-6-5-7-16(22)12-15;1-13-9(12)7-4-2-6(3-5-7)8(10)11;/h6-18H,5,19H2,1-4H3,(H,33,35);5-13H,4,14H2,1-3H3;2-5H,1H3,(H2,10,11);1H3/b27-15-,32-16+;20-10-;;. The number of allylic oxidation sites excluding steroid dienone is 4. The summed E-state index contributed by atoms with van der Waals surface area (Å²) in [5.74, 6) is -0.857. The normalized spacial score (nSPS) is 16.9. The fourth-order valence-electron chi connectivity index (χ4n) is 9.58. The lowest BCUT2D eigenvalue weighted by atomic mass is 9.76. The highest BCUT2D eigenvalue weighted by molar-refractivity contribution is 5.97. The molecular formula is C60H64F2N6O9. The average molecular weight is 1050 g/mol. The van der Waals surface area contributed by atoms with Gasteiger partial charge in [-0.2, -0.15) is 5.10 Å². The number of nitrogens with two attached hydrogens (primary N) is 1. The van der Waals surface area contributed by atoms with Crippen molar-refractivity contribution in [1.29, 1.82) is 0 Å². The molecule has 77 heavy (non-hydrogen) atoms. The number of ether oxygens (including phenoxy) is 4. The number of carbonyl (C=O) groups is 5. The number of amides is 2. The molecule has 15 nitrogen and oxygen atoms in total. The van der Waals surface area contributed by atoms with E-state index in [0.29, 0.717) is 41.6 Å². The van der Waals surface area contributed by atoms with Crippen molar-refractivity contribution in [1.82, 2.24) is 11.6 Å². The van der Waals surface area contributed by atoms with E-state index in [9.17, 15) is 32.8 Å². The molecule has 0 aromatic heterocycles. The Balaban J connectivity index is 0.000000239. The van der Waals surface area contributed by atoms with Gasteiger partial charge in [-0.3, -0.25) is 14.4 Å². The van der Waals surface area contributed by atoms with Gasteiger partial charge in [0.25, 0.3) is 5.91 Å². The van der Waals surface area contributed by atoms with Crippen LogP contribution in [0.15, 0.2) is 162 Å². The Hall–Kier alpha value is -8.96. The number of carbonyl (C=O) groups excluding carboxylic acids is 5. The van der Waals surface area contributed by atoms with Crippen LogP contribution in [0.25, 0.3) is 0 Å². The topological polar surface area (TPSA) is 214 Å². The third-order valence-corrected chi connectivity index (χ3v) is 13.3. The van der Waals surface area contributed by atoms with Crippen molar-refractivity contribution >= 4 is 47.6 Å². The van der Waals surface area contributed by atoms with E-state index in [-0.39, 0.29) is 17.8 Å². The molecule has 2 unspecified atom stereocenters. The monoisotopic (exact) mass is 1050 g/mol. The summed E-state index contributed by atoms with van der Waals surface area (Å²) in [7, 11) is 5.87. The lowest BCUT2D eigenvalue weighted by molar-refractivity contribution is -0.104. The molecule has 0 fully saturated rings. The summed E-state index contributed by atoms with van der Waals surface area (Å²) >= 11 is 0. The first-order chi connectivity index (χ1) is 36.5. The maximum Gasteiger partial charge on any atom is 0.337 e. The molecular weight excluding hydrogens is 987 g/mol. The Bertz CT molecular complexity index is 3180. The van der Waals surface area contributed by atoms with Gasteiger partial charge in [-0.05, 0) is 184 Å². The molecule has 6 aromatic rings. The van der Waals surface area contributed by atoms with Crippen LogP contribution in [-0.4, -0.2) is 77.8 Å². The quantitative estimate of drug-likeness (QED) is 0.0288. The van der Waals surface area contributed by atoms with Gasteiger partial charge in [-0.25, -0.2) is 23.8 Å². The van der Waals surface area contributed by atoms with Gasteiger partial charge in [-0.15, -0.1) is 0 Å². The van der Waals surface area contributed by atoms with Crippen molar-refractivity contribution in [3.05, 3.63) is 213 Å². The number of halogens is 2. The zero-order valence-electron chi connectivity index (χ0n) is 44.4. The SMILES string of the molecule is CCN1/C(=C\C=N\NC(=O)c2ccc(C(=O)OC)cc2)C(C)(Cc2cccc(F)c2)c2cc(OC)ccc21.CCN1/C(=C\C=O)C(C)(Cc2cccc(F)c2)c2cc(OC)ccc21.COC(=O)c1ccc(C(N)=O)cc1.N. The number of nitrogens with one attached hydrogen (secondary N) is 1. The number of esters is 2. The molecule has 6 N–H and O–H groups in total. The number of likely N-dealkylation sites (N-methyl/N-ethyl adjacent to an activating group) is 2. The molecule has 0 aliphatic carbocycles. The second kappa shape index (κ2) is 26.5. The van der Waals surface area contributed by atoms with Crippen molar-refractivity contribution in [3.8, 4) is 11.5 Å². The number of nitrogens with zero attached hydrogens (tertiary/aromatic N) is 3. The number of primary amides is 1. The third kappa shape index (κ3) is 13.5. The van der Waals surface area contributed by atoms with Gasteiger partial charge in [0.05, 0.1) is 39.6 Å². The van der Waals surface area contributed by atoms with Crippen LogP contribution in [0.4, 0.5) is 20.2 Å². The molecule has 2 atom stereocenters. The summed E-state index contributed by atoms with van der Waals surface area (Å²) < 4.78 is 47.8. The molecule has 2 aliphatic heterocycles. The first kappa shape index (κ1) is 58.9. The molecule has 0 saturated heterocycles. The van der Waals surface area contributed by atoms with E-state index in [4.69, 9.17) is 15.2 Å². The number of hydrogen-bond acceptors (Lipinski definition) is 13. The van der Waals surface area contributed by atoms with Crippen LogP contribution in [0.5, 0.6) is 11.5 Å². The number of methoxy groups -OCH3 is 4. The first-order valence-electron chi connectivity index (χ1n) is 24.3. The number of aldehydes is 1. The largest absolute Gasteiger partial charge is 0.497 e. The summed E-state index contributed by atoms with van der Waals surface area (Å²) in [4.78, 5) is 61.4. The molecule has 0 saturated carbocycles. The van der Waals surface area contributed by atoms with Gasteiger partial charge in [0.15, 0.2) is 0 Å². The van der Waals surface area contributed by atoms with E-state index in [1.807, 2.05) is 54.6 Å². The van der Waals surface area contributed by atoms with E-state index >= 15 is 0 Å². The van der Waals surface area contributed by atoms with Crippen LogP contribution in [0, 0.1) is 11.6 Å². The van der Waals surface area contributed by atoms with Crippen LogP contribution >= 0.6 is 0 Å². The van der Waals surface area contributed by atoms with Crippen molar-refractivity contribution in [2.24, 2.45) is 10.8 Å². The Labute approximate surface area is 447 Å². The number of benzene rings is 6. The second-order valence-electron chi connectivity index (χ2n) is 18.0. The molecule has 0 spiro atoms. The number of hydrazone groups is 1. The molecule has 0 radical (unpaired) electrons. The number of rotatable bonds is 15. The minimum absolute atomic E-state index is 0. The first-order valence-corrected chi connectivity index (χ1v) is 24.3. The Morgan fingerprint density at radius 3 is 1.39 bits per heavy atom. The highest BCUT2D eigenvalue weighted by atomic mass is 19.1. The molecule has 17 heteroatoms. The number of anilines is 2. The van der Waals surface area contributed by atoms with Crippen LogP contribution in [0.1, 0.15) is 91.4 Å². The molecule has 0 bridgehead atoms. The van der Waals surface area contributed by atoms with E-state index < -0.39 is 34.6 Å². The summed E-state index contributed by atoms with van der Waals surface area (Å²) in [5.41, 5.74) is 16.0. The molecule has 6 aromatic carbocycles. The number of fused-ring (bicyclic) bond motifs is 2. The zero-order chi connectivity index (χ0) is 55.2. The maximum atomic E-state index is 14.0. The van der Waals surface area contributed by atoms with Gasteiger partial charge in [0, 0.05) is 64.0 Å². The zero-order valence-corrected chi connectivity index (χ0v) is 44.4. The Morgan fingerprint density at radius 1 is 0.597 bits per heavy atom. The molecule has 2 amide bonds. The average Bonchev–Trinajstić information content (AvgIpc) is 3.96. The summed E-state index contributed by atoms with van der Waals surface area (Å²) in [5, 5.41) is 4.13. The lowest BCUT2D eigenvalue weighted by Crippen LogP contribution is -2.31. The van der Waals surface area contributed by atoms with Crippen molar-refractivity contribution in [2.75, 3.05) is 51.3 Å².